The third-order valence-corrected chi connectivity index (χ3v) is 5.21. The lowest BCUT2D eigenvalue weighted by molar-refractivity contribution is 0.0940. The summed E-state index contributed by atoms with van der Waals surface area (Å²) < 4.78 is 14.0. The van der Waals surface area contributed by atoms with E-state index in [-0.39, 0.29) is 11.7 Å². The molecular formula is C20H24FN5O. The average molecular weight is 369 g/mol. The van der Waals surface area contributed by atoms with E-state index < -0.39 is 0 Å². The monoisotopic (exact) mass is 369 g/mol. The van der Waals surface area contributed by atoms with Crippen LogP contribution in [-0.4, -0.2) is 53.5 Å². The quantitative estimate of drug-likeness (QED) is 0.896. The minimum Gasteiger partial charge on any atom is -0.355 e. The van der Waals surface area contributed by atoms with E-state index in [0.717, 1.165) is 56.0 Å². The first-order chi connectivity index (χ1) is 13.1. The molecule has 2 aliphatic rings. The number of nitrogens with one attached hydrogen (secondary N) is 1. The summed E-state index contributed by atoms with van der Waals surface area (Å²) in [5.74, 6) is 1.25. The predicted octanol–water partition coefficient (Wildman–Crippen LogP) is 1.92. The minimum absolute atomic E-state index is 0.112. The van der Waals surface area contributed by atoms with Gasteiger partial charge in [-0.25, -0.2) is 14.4 Å². The number of amides is 1. The molecule has 0 aliphatic carbocycles. The molecule has 0 spiro atoms. The van der Waals surface area contributed by atoms with Crippen molar-refractivity contribution in [1.29, 1.82) is 0 Å². The Hall–Kier alpha value is -2.54. The van der Waals surface area contributed by atoms with Crippen LogP contribution in [-0.2, 0) is 13.0 Å². The summed E-state index contributed by atoms with van der Waals surface area (Å²) in [5.41, 5.74) is 2.20. The second kappa shape index (κ2) is 7.60. The number of benzene rings is 1. The summed E-state index contributed by atoms with van der Waals surface area (Å²) in [6.45, 7) is 6.49. The van der Waals surface area contributed by atoms with E-state index in [9.17, 15) is 9.18 Å². The van der Waals surface area contributed by atoms with Gasteiger partial charge in [0.05, 0.1) is 0 Å². The number of aromatic nitrogens is 2. The number of anilines is 1. The van der Waals surface area contributed by atoms with E-state index in [2.05, 4.69) is 25.1 Å². The summed E-state index contributed by atoms with van der Waals surface area (Å²) in [5, 5.41) is 2.86. The van der Waals surface area contributed by atoms with Crippen molar-refractivity contribution in [3.8, 4) is 0 Å². The number of fused-ring (bicyclic) bond motifs is 1. The molecule has 0 atom stereocenters. The van der Waals surface area contributed by atoms with Gasteiger partial charge in [0, 0.05) is 50.4 Å². The Morgan fingerprint density at radius 1 is 1.15 bits per heavy atom. The molecule has 0 bridgehead atoms. The number of nitrogens with zero attached hydrogens (tertiary/aromatic N) is 4. The molecule has 1 saturated heterocycles. The Balaban J connectivity index is 1.52. The zero-order valence-corrected chi connectivity index (χ0v) is 15.5. The topological polar surface area (TPSA) is 61.4 Å². The highest BCUT2D eigenvalue weighted by Gasteiger charge is 2.26. The number of halogens is 1. The van der Waals surface area contributed by atoms with Crippen molar-refractivity contribution in [1.82, 2.24) is 20.2 Å². The number of hydrogen-bond donors (Lipinski definition) is 1. The molecule has 7 heteroatoms. The van der Waals surface area contributed by atoms with Crippen LogP contribution in [0.4, 0.5) is 10.2 Å². The lowest BCUT2D eigenvalue weighted by atomic mass is 10.1. The highest BCUT2D eigenvalue weighted by Crippen LogP contribution is 2.25. The van der Waals surface area contributed by atoms with E-state index in [1.165, 1.54) is 6.07 Å². The standard InChI is InChI=1S/C20H24FN5O/c1-14-23-18-16(7-8-22-20(18)27)19(24-14)26-10-4-9-25(11-12-26)13-15-5-2-3-6-17(15)21/h2-3,5-6H,4,7-13H2,1H3,(H,22,27). The lowest BCUT2D eigenvalue weighted by Crippen LogP contribution is -2.37. The van der Waals surface area contributed by atoms with E-state index in [1.807, 2.05) is 19.1 Å². The normalized spacial score (nSPS) is 18.0. The number of rotatable bonds is 3. The van der Waals surface area contributed by atoms with Gasteiger partial charge in [-0.3, -0.25) is 9.69 Å². The van der Waals surface area contributed by atoms with Crippen molar-refractivity contribution >= 4 is 11.7 Å². The maximum atomic E-state index is 14.0. The van der Waals surface area contributed by atoms with E-state index >= 15 is 0 Å². The van der Waals surface area contributed by atoms with Crippen molar-refractivity contribution in [2.24, 2.45) is 0 Å². The van der Waals surface area contributed by atoms with Crippen molar-refractivity contribution in [2.75, 3.05) is 37.6 Å². The van der Waals surface area contributed by atoms with Crippen LogP contribution in [0.3, 0.4) is 0 Å². The maximum Gasteiger partial charge on any atom is 0.270 e. The summed E-state index contributed by atoms with van der Waals surface area (Å²) in [6, 6.07) is 6.96. The molecule has 2 aliphatic heterocycles. The van der Waals surface area contributed by atoms with E-state index in [1.54, 1.807) is 6.07 Å². The van der Waals surface area contributed by atoms with Gasteiger partial charge in [-0.15, -0.1) is 0 Å². The summed E-state index contributed by atoms with van der Waals surface area (Å²) >= 11 is 0. The van der Waals surface area contributed by atoms with Crippen LogP contribution in [0.25, 0.3) is 0 Å². The molecule has 0 saturated carbocycles. The molecule has 6 nitrogen and oxygen atoms in total. The fourth-order valence-corrected chi connectivity index (χ4v) is 3.85. The van der Waals surface area contributed by atoms with Gasteiger partial charge in [-0.2, -0.15) is 0 Å². The Morgan fingerprint density at radius 3 is 2.85 bits per heavy atom. The fraction of sp³-hybridized carbons (Fsp3) is 0.450. The van der Waals surface area contributed by atoms with Gasteiger partial charge in [0.15, 0.2) is 0 Å². The zero-order valence-electron chi connectivity index (χ0n) is 15.5. The molecule has 142 valence electrons. The fourth-order valence-electron chi connectivity index (χ4n) is 3.85. The molecule has 0 unspecified atom stereocenters. The SMILES string of the molecule is Cc1nc2c(c(N3CCCN(Cc4ccccc4F)CC3)n1)CCNC2=O. The van der Waals surface area contributed by atoms with Gasteiger partial charge in [0.25, 0.3) is 5.91 Å². The highest BCUT2D eigenvalue weighted by atomic mass is 19.1. The second-order valence-electron chi connectivity index (χ2n) is 7.14. The molecule has 0 radical (unpaired) electrons. The van der Waals surface area contributed by atoms with Gasteiger partial charge < -0.3 is 10.2 Å². The average Bonchev–Trinajstić information content (AvgIpc) is 2.89. The van der Waals surface area contributed by atoms with Gasteiger partial charge in [-0.05, 0) is 25.8 Å². The smallest absolute Gasteiger partial charge is 0.270 e. The van der Waals surface area contributed by atoms with Gasteiger partial charge >= 0.3 is 0 Å². The minimum atomic E-state index is -0.148. The highest BCUT2D eigenvalue weighted by molar-refractivity contribution is 5.96. The molecule has 3 heterocycles. The second-order valence-corrected chi connectivity index (χ2v) is 7.14. The number of aryl methyl sites for hydroxylation is 1. The molecular weight excluding hydrogens is 345 g/mol. The van der Waals surface area contributed by atoms with Crippen LogP contribution < -0.4 is 10.2 Å². The Kier molecular flexibility index (Phi) is 5.03. The molecule has 1 N–H and O–H groups in total. The lowest BCUT2D eigenvalue weighted by Gasteiger charge is -2.27. The van der Waals surface area contributed by atoms with Gasteiger partial charge in [-0.1, -0.05) is 18.2 Å². The third-order valence-electron chi connectivity index (χ3n) is 5.21. The van der Waals surface area contributed by atoms with Crippen LogP contribution in [0.1, 0.15) is 33.9 Å². The van der Waals surface area contributed by atoms with Crippen LogP contribution in [0.5, 0.6) is 0 Å². The summed E-state index contributed by atoms with van der Waals surface area (Å²) in [4.78, 5) is 25.7. The summed E-state index contributed by atoms with van der Waals surface area (Å²) in [6.07, 6.45) is 1.73. The molecule has 1 amide bonds. The largest absolute Gasteiger partial charge is 0.355 e. The molecule has 1 aromatic carbocycles. The number of carbonyl (C=O) groups is 1. The Morgan fingerprint density at radius 2 is 2.00 bits per heavy atom. The molecule has 1 aromatic heterocycles. The predicted molar refractivity (Wildman–Crippen MR) is 101 cm³/mol. The van der Waals surface area contributed by atoms with E-state index in [4.69, 9.17) is 0 Å². The first-order valence-electron chi connectivity index (χ1n) is 9.48. The van der Waals surface area contributed by atoms with Crippen molar-refractivity contribution in [2.45, 2.75) is 26.3 Å². The number of hydrogen-bond acceptors (Lipinski definition) is 5. The molecule has 1 fully saturated rings. The van der Waals surface area contributed by atoms with Crippen molar-refractivity contribution in [3.63, 3.8) is 0 Å². The third kappa shape index (κ3) is 3.78. The first-order valence-corrected chi connectivity index (χ1v) is 9.48. The van der Waals surface area contributed by atoms with Gasteiger partial charge in [0.1, 0.15) is 23.2 Å². The number of carbonyl (C=O) groups excluding carboxylic acids is 1. The van der Waals surface area contributed by atoms with Crippen LogP contribution in [0, 0.1) is 12.7 Å². The van der Waals surface area contributed by atoms with Crippen molar-refractivity contribution < 1.29 is 9.18 Å². The first kappa shape index (κ1) is 17.9. The maximum absolute atomic E-state index is 14.0. The van der Waals surface area contributed by atoms with Crippen molar-refractivity contribution in [3.05, 3.63) is 52.7 Å². The Bertz CT molecular complexity index is 856. The molecule has 4 rings (SSSR count). The Labute approximate surface area is 158 Å². The van der Waals surface area contributed by atoms with Crippen LogP contribution >= 0.6 is 0 Å². The van der Waals surface area contributed by atoms with Gasteiger partial charge in [0.2, 0.25) is 0 Å². The summed E-state index contributed by atoms with van der Waals surface area (Å²) in [7, 11) is 0. The molecule has 2 aromatic rings. The zero-order chi connectivity index (χ0) is 18.8. The molecule has 27 heavy (non-hydrogen) atoms. The van der Waals surface area contributed by atoms with E-state index in [0.29, 0.717) is 24.6 Å². The van der Waals surface area contributed by atoms with Crippen LogP contribution in [0.2, 0.25) is 0 Å². The van der Waals surface area contributed by atoms with Crippen LogP contribution in [0.15, 0.2) is 24.3 Å².